The first kappa shape index (κ1) is 14.8. The molecule has 0 amide bonds. The van der Waals surface area contributed by atoms with Crippen molar-refractivity contribution in [3.63, 3.8) is 0 Å². The Bertz CT molecular complexity index is 473. The summed E-state index contributed by atoms with van der Waals surface area (Å²) in [7, 11) is 0. The number of nitrogens with one attached hydrogen (secondary N) is 1. The van der Waals surface area contributed by atoms with Crippen molar-refractivity contribution >= 4 is 11.4 Å². The summed E-state index contributed by atoms with van der Waals surface area (Å²) in [6.07, 6.45) is 7.07. The average molecular weight is 280 g/mol. The van der Waals surface area contributed by atoms with Crippen LogP contribution < -0.4 is 5.32 Å². The first-order chi connectivity index (χ1) is 9.61. The number of nitro groups is 1. The molecule has 0 spiro atoms. The van der Waals surface area contributed by atoms with Crippen LogP contribution >= 0.6 is 0 Å². The Labute approximate surface area is 118 Å². The Morgan fingerprint density at radius 2 is 2.10 bits per heavy atom. The molecule has 0 aromatic heterocycles. The van der Waals surface area contributed by atoms with E-state index in [0.717, 1.165) is 12.5 Å². The molecule has 0 saturated heterocycles. The van der Waals surface area contributed by atoms with E-state index >= 15 is 0 Å². The number of hydrogen-bond acceptors (Lipinski definition) is 3. The fraction of sp³-hybridized carbons (Fsp3) is 0.600. The number of benzene rings is 1. The zero-order chi connectivity index (χ0) is 14.5. The topological polar surface area (TPSA) is 55.2 Å². The molecule has 1 fully saturated rings. The lowest BCUT2D eigenvalue weighted by Gasteiger charge is -2.31. The number of nitrogens with zero attached hydrogens (tertiary/aromatic N) is 1. The van der Waals surface area contributed by atoms with Crippen molar-refractivity contribution in [2.75, 3.05) is 5.32 Å². The van der Waals surface area contributed by atoms with E-state index < -0.39 is 10.7 Å². The zero-order valence-electron chi connectivity index (χ0n) is 11.8. The maximum absolute atomic E-state index is 13.9. The summed E-state index contributed by atoms with van der Waals surface area (Å²) in [6, 6.07) is 4.04. The molecular weight excluding hydrogens is 259 g/mol. The zero-order valence-corrected chi connectivity index (χ0v) is 11.8. The fourth-order valence-corrected chi connectivity index (χ4v) is 3.02. The SMILES string of the molecule is CCC(Nc1ccc([N+](=O)[O-])cc1F)C1CCCCC1. The number of nitro benzene ring substituents is 1. The Morgan fingerprint density at radius 3 is 2.65 bits per heavy atom. The molecule has 20 heavy (non-hydrogen) atoms. The lowest BCUT2D eigenvalue weighted by atomic mass is 9.83. The molecule has 5 heteroatoms. The molecule has 4 nitrogen and oxygen atoms in total. The predicted octanol–water partition coefficient (Wildman–Crippen LogP) is 4.50. The largest absolute Gasteiger partial charge is 0.380 e. The van der Waals surface area contributed by atoms with Crippen LogP contribution in [-0.4, -0.2) is 11.0 Å². The van der Waals surface area contributed by atoms with Crippen molar-refractivity contribution in [3.05, 3.63) is 34.1 Å². The molecule has 1 unspecified atom stereocenters. The second kappa shape index (κ2) is 6.68. The summed E-state index contributed by atoms with van der Waals surface area (Å²) in [4.78, 5) is 10.0. The van der Waals surface area contributed by atoms with Crippen molar-refractivity contribution in [2.24, 2.45) is 5.92 Å². The number of hydrogen-bond donors (Lipinski definition) is 1. The Hall–Kier alpha value is -1.65. The molecule has 2 rings (SSSR count). The Kier molecular flexibility index (Phi) is 4.93. The molecule has 1 aromatic carbocycles. The standard InChI is InChI=1S/C15H21FN2O2/c1-2-14(11-6-4-3-5-7-11)17-15-9-8-12(18(19)20)10-13(15)16/h8-11,14,17H,2-7H2,1H3. The van der Waals surface area contributed by atoms with E-state index in [2.05, 4.69) is 12.2 Å². The highest BCUT2D eigenvalue weighted by Gasteiger charge is 2.23. The van der Waals surface area contributed by atoms with Gasteiger partial charge < -0.3 is 5.32 Å². The summed E-state index contributed by atoms with van der Waals surface area (Å²) in [5.41, 5.74) is 0.159. The van der Waals surface area contributed by atoms with E-state index in [1.165, 1.54) is 44.2 Å². The molecule has 0 bridgehead atoms. The molecular formula is C15H21FN2O2. The van der Waals surface area contributed by atoms with Gasteiger partial charge in [0, 0.05) is 12.1 Å². The highest BCUT2D eigenvalue weighted by Crippen LogP contribution is 2.30. The maximum Gasteiger partial charge on any atom is 0.272 e. The Balaban J connectivity index is 2.08. The van der Waals surface area contributed by atoms with Crippen LogP contribution in [0.3, 0.4) is 0 Å². The van der Waals surface area contributed by atoms with Gasteiger partial charge in [0.25, 0.3) is 5.69 Å². The van der Waals surface area contributed by atoms with E-state index in [-0.39, 0.29) is 11.7 Å². The van der Waals surface area contributed by atoms with Crippen LogP contribution in [0, 0.1) is 21.8 Å². The van der Waals surface area contributed by atoms with Crippen LogP contribution in [0.1, 0.15) is 45.4 Å². The van der Waals surface area contributed by atoms with Gasteiger partial charge in [-0.15, -0.1) is 0 Å². The van der Waals surface area contributed by atoms with Gasteiger partial charge in [0.05, 0.1) is 16.7 Å². The monoisotopic (exact) mass is 280 g/mol. The number of anilines is 1. The van der Waals surface area contributed by atoms with Crippen molar-refractivity contribution < 1.29 is 9.31 Å². The second-order valence-corrected chi connectivity index (χ2v) is 5.48. The molecule has 0 heterocycles. The van der Waals surface area contributed by atoms with E-state index in [0.29, 0.717) is 11.6 Å². The van der Waals surface area contributed by atoms with Crippen LogP contribution in [-0.2, 0) is 0 Å². The van der Waals surface area contributed by atoms with Gasteiger partial charge in [0.1, 0.15) is 0 Å². The van der Waals surface area contributed by atoms with Crippen molar-refractivity contribution in [3.8, 4) is 0 Å². The van der Waals surface area contributed by atoms with Gasteiger partial charge in [-0.25, -0.2) is 4.39 Å². The number of non-ortho nitro benzene ring substituents is 1. The molecule has 1 saturated carbocycles. The minimum Gasteiger partial charge on any atom is -0.380 e. The van der Waals surface area contributed by atoms with Gasteiger partial charge in [-0.2, -0.15) is 0 Å². The molecule has 1 aliphatic rings. The first-order valence-corrected chi connectivity index (χ1v) is 7.32. The maximum atomic E-state index is 13.9. The van der Waals surface area contributed by atoms with Gasteiger partial charge in [0.15, 0.2) is 5.82 Å². The molecule has 110 valence electrons. The quantitative estimate of drug-likeness (QED) is 0.638. The van der Waals surface area contributed by atoms with Gasteiger partial charge in [-0.1, -0.05) is 26.2 Å². The van der Waals surface area contributed by atoms with Gasteiger partial charge in [0.2, 0.25) is 0 Å². The van der Waals surface area contributed by atoms with Crippen molar-refractivity contribution in [1.82, 2.24) is 0 Å². The smallest absolute Gasteiger partial charge is 0.272 e. The minimum atomic E-state index is -0.578. The normalized spacial score (nSPS) is 17.7. The van der Waals surface area contributed by atoms with Crippen LogP contribution in [0.5, 0.6) is 0 Å². The summed E-state index contributed by atoms with van der Waals surface area (Å²) < 4.78 is 13.9. The highest BCUT2D eigenvalue weighted by atomic mass is 19.1. The van der Waals surface area contributed by atoms with Gasteiger partial charge >= 0.3 is 0 Å². The molecule has 1 N–H and O–H groups in total. The second-order valence-electron chi connectivity index (χ2n) is 5.48. The predicted molar refractivity (Wildman–Crippen MR) is 77.3 cm³/mol. The van der Waals surface area contributed by atoms with Crippen LogP contribution in [0.4, 0.5) is 15.8 Å². The average Bonchev–Trinajstić information content (AvgIpc) is 2.46. The molecule has 1 aromatic rings. The van der Waals surface area contributed by atoms with E-state index in [1.54, 1.807) is 0 Å². The third-order valence-electron chi connectivity index (χ3n) is 4.16. The summed E-state index contributed by atoms with van der Waals surface area (Å²) in [5, 5.41) is 13.8. The van der Waals surface area contributed by atoms with Crippen LogP contribution in [0.25, 0.3) is 0 Å². The lowest BCUT2D eigenvalue weighted by Crippen LogP contribution is -2.30. The van der Waals surface area contributed by atoms with Crippen molar-refractivity contribution in [1.29, 1.82) is 0 Å². The van der Waals surface area contributed by atoms with Crippen LogP contribution in [0.2, 0.25) is 0 Å². The molecule has 0 aliphatic heterocycles. The third kappa shape index (κ3) is 3.46. The molecule has 0 radical (unpaired) electrons. The first-order valence-electron chi connectivity index (χ1n) is 7.32. The number of halogens is 1. The minimum absolute atomic E-state index is 0.209. The highest BCUT2D eigenvalue weighted by molar-refractivity contribution is 5.50. The number of rotatable bonds is 5. The van der Waals surface area contributed by atoms with E-state index in [9.17, 15) is 14.5 Å². The van der Waals surface area contributed by atoms with Gasteiger partial charge in [-0.3, -0.25) is 10.1 Å². The summed E-state index contributed by atoms with van der Waals surface area (Å²) in [6.45, 7) is 2.09. The summed E-state index contributed by atoms with van der Waals surface area (Å²) >= 11 is 0. The Morgan fingerprint density at radius 1 is 1.40 bits per heavy atom. The fourth-order valence-electron chi connectivity index (χ4n) is 3.02. The lowest BCUT2D eigenvalue weighted by molar-refractivity contribution is -0.385. The van der Waals surface area contributed by atoms with Crippen molar-refractivity contribution in [2.45, 2.75) is 51.5 Å². The summed E-state index contributed by atoms with van der Waals surface area (Å²) in [5.74, 6) is 0.0248. The third-order valence-corrected chi connectivity index (χ3v) is 4.16. The molecule has 1 aliphatic carbocycles. The van der Waals surface area contributed by atoms with Crippen LogP contribution in [0.15, 0.2) is 18.2 Å². The molecule has 1 atom stereocenters. The van der Waals surface area contributed by atoms with E-state index in [1.807, 2.05) is 0 Å². The van der Waals surface area contributed by atoms with E-state index in [4.69, 9.17) is 0 Å². The van der Waals surface area contributed by atoms with Gasteiger partial charge in [-0.05, 0) is 31.2 Å².